The lowest BCUT2D eigenvalue weighted by Gasteiger charge is -2.18. The third-order valence-electron chi connectivity index (χ3n) is 3.27. The highest BCUT2D eigenvalue weighted by molar-refractivity contribution is 5.26. The third-order valence-corrected chi connectivity index (χ3v) is 3.27. The molecule has 1 saturated carbocycles. The third kappa shape index (κ3) is 1.94. The van der Waals surface area contributed by atoms with E-state index >= 15 is 0 Å². The molecule has 1 aliphatic rings. The number of halogens is 3. The van der Waals surface area contributed by atoms with Crippen LogP contribution in [-0.4, -0.2) is 7.05 Å². The SMILES string of the molecule is CNC(c1c(F)cc(F)cc1F)C1CC1C. The fraction of sp³-hybridized carbons (Fsp3) is 0.500. The van der Waals surface area contributed by atoms with Crippen LogP contribution in [0.1, 0.15) is 24.9 Å². The number of benzene rings is 1. The van der Waals surface area contributed by atoms with E-state index in [2.05, 4.69) is 5.32 Å². The molecule has 1 aliphatic carbocycles. The Morgan fingerprint density at radius 3 is 2.12 bits per heavy atom. The van der Waals surface area contributed by atoms with Crippen LogP contribution < -0.4 is 5.32 Å². The largest absolute Gasteiger partial charge is 0.313 e. The molecule has 1 aromatic carbocycles. The smallest absolute Gasteiger partial charge is 0.133 e. The molecule has 1 nitrogen and oxygen atoms in total. The molecule has 0 aromatic heterocycles. The molecule has 3 unspecified atom stereocenters. The fourth-order valence-corrected chi connectivity index (χ4v) is 2.24. The van der Waals surface area contributed by atoms with Gasteiger partial charge in [-0.2, -0.15) is 0 Å². The molecule has 0 saturated heterocycles. The molecule has 0 bridgehead atoms. The zero-order valence-electron chi connectivity index (χ0n) is 9.23. The van der Waals surface area contributed by atoms with Crippen LogP contribution in [0.3, 0.4) is 0 Å². The van der Waals surface area contributed by atoms with Gasteiger partial charge in [0.2, 0.25) is 0 Å². The molecule has 0 amide bonds. The van der Waals surface area contributed by atoms with E-state index < -0.39 is 17.5 Å². The van der Waals surface area contributed by atoms with Crippen molar-refractivity contribution >= 4 is 0 Å². The average molecular weight is 229 g/mol. The van der Waals surface area contributed by atoms with Crippen LogP contribution >= 0.6 is 0 Å². The summed E-state index contributed by atoms with van der Waals surface area (Å²) in [5.41, 5.74) is -0.0433. The standard InChI is InChI=1S/C12H14F3N/c1-6-3-8(6)12(16-2)11-9(14)4-7(13)5-10(11)15/h4-6,8,12,16H,3H2,1-2H3. The van der Waals surface area contributed by atoms with Gasteiger partial charge in [0.1, 0.15) is 17.5 Å². The van der Waals surface area contributed by atoms with Crippen LogP contribution in [0.5, 0.6) is 0 Å². The molecule has 1 N–H and O–H groups in total. The molecule has 3 atom stereocenters. The first-order chi connectivity index (χ1) is 7.54. The Kier molecular flexibility index (Phi) is 2.93. The highest BCUT2D eigenvalue weighted by atomic mass is 19.1. The van der Waals surface area contributed by atoms with Crippen LogP contribution in [0.2, 0.25) is 0 Å². The zero-order chi connectivity index (χ0) is 11.9. The average Bonchev–Trinajstić information content (AvgIpc) is 2.88. The second-order valence-corrected chi connectivity index (χ2v) is 4.43. The minimum atomic E-state index is -0.877. The predicted octanol–water partition coefficient (Wildman–Crippen LogP) is 3.02. The summed E-state index contributed by atoms with van der Waals surface area (Å²) in [5, 5.41) is 2.91. The maximum atomic E-state index is 13.5. The predicted molar refractivity (Wildman–Crippen MR) is 55.4 cm³/mol. The van der Waals surface area contributed by atoms with Crippen LogP contribution in [0, 0.1) is 29.3 Å². The molecule has 1 aromatic rings. The van der Waals surface area contributed by atoms with E-state index in [0.29, 0.717) is 5.92 Å². The van der Waals surface area contributed by atoms with Gasteiger partial charge in [-0.1, -0.05) is 6.92 Å². The topological polar surface area (TPSA) is 12.0 Å². The maximum Gasteiger partial charge on any atom is 0.133 e. The summed E-state index contributed by atoms with van der Waals surface area (Å²) in [6, 6.07) is 1.10. The lowest BCUT2D eigenvalue weighted by atomic mass is 10.00. The van der Waals surface area contributed by atoms with E-state index in [1.54, 1.807) is 7.05 Å². The minimum absolute atomic E-state index is 0.0433. The minimum Gasteiger partial charge on any atom is -0.313 e. The monoisotopic (exact) mass is 229 g/mol. The van der Waals surface area contributed by atoms with Gasteiger partial charge in [0, 0.05) is 23.7 Å². The van der Waals surface area contributed by atoms with Crippen LogP contribution in [0.15, 0.2) is 12.1 Å². The van der Waals surface area contributed by atoms with Crippen molar-refractivity contribution in [1.82, 2.24) is 5.32 Å². The van der Waals surface area contributed by atoms with E-state index in [1.807, 2.05) is 6.92 Å². The first kappa shape index (κ1) is 11.5. The lowest BCUT2D eigenvalue weighted by Crippen LogP contribution is -2.22. The summed E-state index contributed by atoms with van der Waals surface area (Å²) in [6.45, 7) is 2.04. The van der Waals surface area contributed by atoms with Gasteiger partial charge >= 0.3 is 0 Å². The van der Waals surface area contributed by atoms with Crippen molar-refractivity contribution in [3.05, 3.63) is 35.1 Å². The Morgan fingerprint density at radius 1 is 1.25 bits per heavy atom. The van der Waals surface area contributed by atoms with Crippen molar-refractivity contribution in [2.24, 2.45) is 11.8 Å². The lowest BCUT2D eigenvalue weighted by molar-refractivity contribution is 0.438. The highest BCUT2D eigenvalue weighted by Crippen LogP contribution is 2.47. The molecule has 16 heavy (non-hydrogen) atoms. The molecule has 4 heteroatoms. The number of hydrogen-bond donors (Lipinski definition) is 1. The second kappa shape index (κ2) is 4.09. The van der Waals surface area contributed by atoms with Crippen molar-refractivity contribution in [3.8, 4) is 0 Å². The highest BCUT2D eigenvalue weighted by Gasteiger charge is 2.41. The molecule has 1 fully saturated rings. The first-order valence-corrected chi connectivity index (χ1v) is 5.36. The van der Waals surface area contributed by atoms with E-state index in [-0.39, 0.29) is 17.5 Å². The zero-order valence-corrected chi connectivity index (χ0v) is 9.23. The van der Waals surface area contributed by atoms with E-state index in [1.165, 1.54) is 0 Å². The van der Waals surface area contributed by atoms with Crippen molar-refractivity contribution in [2.75, 3.05) is 7.05 Å². The van der Waals surface area contributed by atoms with Crippen LogP contribution in [-0.2, 0) is 0 Å². The Hall–Kier alpha value is -1.03. The van der Waals surface area contributed by atoms with Crippen molar-refractivity contribution in [2.45, 2.75) is 19.4 Å². The summed E-state index contributed by atoms with van der Waals surface area (Å²) in [4.78, 5) is 0. The Balaban J connectivity index is 2.38. The summed E-state index contributed by atoms with van der Waals surface area (Å²) >= 11 is 0. The summed E-state index contributed by atoms with van der Waals surface area (Å²) in [6.07, 6.45) is 0.946. The van der Waals surface area contributed by atoms with Gasteiger partial charge in [-0.25, -0.2) is 13.2 Å². The first-order valence-electron chi connectivity index (χ1n) is 5.36. The van der Waals surface area contributed by atoms with Gasteiger partial charge in [0.05, 0.1) is 0 Å². The molecular formula is C12H14F3N. The van der Waals surface area contributed by atoms with Crippen molar-refractivity contribution in [3.63, 3.8) is 0 Å². The van der Waals surface area contributed by atoms with E-state index in [9.17, 15) is 13.2 Å². The summed E-state index contributed by atoms with van der Waals surface area (Å²) in [5.74, 6) is -1.80. The molecular weight excluding hydrogens is 215 g/mol. The second-order valence-electron chi connectivity index (χ2n) is 4.43. The summed E-state index contributed by atoms with van der Waals surface area (Å²) in [7, 11) is 1.66. The molecule has 0 radical (unpaired) electrons. The van der Waals surface area contributed by atoms with E-state index in [0.717, 1.165) is 18.6 Å². The number of nitrogens with one attached hydrogen (secondary N) is 1. The Labute approximate surface area is 92.7 Å². The van der Waals surface area contributed by atoms with Gasteiger partial charge in [0.25, 0.3) is 0 Å². The van der Waals surface area contributed by atoms with Gasteiger partial charge in [-0.05, 0) is 25.3 Å². The van der Waals surface area contributed by atoms with Gasteiger partial charge < -0.3 is 5.32 Å². The van der Waals surface area contributed by atoms with Crippen molar-refractivity contribution < 1.29 is 13.2 Å². The Bertz CT molecular complexity index is 382. The van der Waals surface area contributed by atoms with Crippen LogP contribution in [0.4, 0.5) is 13.2 Å². The fourth-order valence-electron chi connectivity index (χ4n) is 2.24. The Morgan fingerprint density at radius 2 is 1.75 bits per heavy atom. The number of hydrogen-bond acceptors (Lipinski definition) is 1. The normalized spacial score (nSPS) is 25.6. The number of rotatable bonds is 3. The molecule has 88 valence electrons. The molecule has 0 spiro atoms. The quantitative estimate of drug-likeness (QED) is 0.840. The van der Waals surface area contributed by atoms with E-state index in [4.69, 9.17) is 0 Å². The van der Waals surface area contributed by atoms with Gasteiger partial charge in [0.15, 0.2) is 0 Å². The van der Waals surface area contributed by atoms with Crippen molar-refractivity contribution in [1.29, 1.82) is 0 Å². The van der Waals surface area contributed by atoms with Gasteiger partial charge in [-0.15, -0.1) is 0 Å². The maximum absolute atomic E-state index is 13.5. The summed E-state index contributed by atoms with van der Waals surface area (Å²) < 4.78 is 39.9. The van der Waals surface area contributed by atoms with Crippen LogP contribution in [0.25, 0.3) is 0 Å². The molecule has 0 aliphatic heterocycles. The molecule has 0 heterocycles. The molecule has 2 rings (SSSR count). The van der Waals surface area contributed by atoms with Gasteiger partial charge in [-0.3, -0.25) is 0 Å².